The maximum absolute atomic E-state index is 12.7. The number of hydrogen-bond donors (Lipinski definition) is 1. The van der Waals surface area contributed by atoms with E-state index in [4.69, 9.17) is 14.2 Å². The molecule has 1 aromatic carbocycles. The Morgan fingerprint density at radius 1 is 1.22 bits per heavy atom. The van der Waals surface area contributed by atoms with Gasteiger partial charge in [0, 0.05) is 5.70 Å². The maximum atomic E-state index is 12.7. The van der Waals surface area contributed by atoms with Gasteiger partial charge in [-0.3, -0.25) is 0 Å². The lowest BCUT2D eigenvalue weighted by atomic mass is 9.95. The van der Waals surface area contributed by atoms with E-state index < -0.39 is 6.04 Å². The van der Waals surface area contributed by atoms with Crippen LogP contribution in [0.3, 0.4) is 0 Å². The van der Waals surface area contributed by atoms with E-state index in [1.165, 1.54) is 0 Å². The molecule has 0 saturated heterocycles. The second kappa shape index (κ2) is 7.69. The molecule has 1 aliphatic heterocycles. The van der Waals surface area contributed by atoms with Crippen molar-refractivity contribution < 1.29 is 19.0 Å². The van der Waals surface area contributed by atoms with Crippen LogP contribution in [0.15, 0.2) is 29.5 Å². The van der Waals surface area contributed by atoms with Crippen molar-refractivity contribution in [2.45, 2.75) is 33.7 Å². The molecule has 0 saturated carbocycles. The fourth-order valence-electron chi connectivity index (χ4n) is 3.17. The first kappa shape index (κ1) is 18.8. The molecule has 1 atom stereocenters. The summed E-state index contributed by atoms with van der Waals surface area (Å²) in [6, 6.07) is 5.11. The second-order valence-corrected chi connectivity index (χ2v) is 6.06. The van der Waals surface area contributed by atoms with E-state index in [1.807, 2.05) is 39.0 Å². The van der Waals surface area contributed by atoms with Gasteiger partial charge in [0.25, 0.3) is 0 Å². The molecule has 27 heavy (non-hydrogen) atoms. The van der Waals surface area contributed by atoms with Crippen molar-refractivity contribution in [2.24, 2.45) is 0 Å². The molecule has 1 aromatic heterocycles. The van der Waals surface area contributed by atoms with Crippen LogP contribution >= 0.6 is 0 Å². The summed E-state index contributed by atoms with van der Waals surface area (Å²) in [5.74, 6) is 2.03. The molecule has 0 amide bonds. The van der Waals surface area contributed by atoms with Crippen LogP contribution in [0, 0.1) is 6.92 Å². The average Bonchev–Trinajstić information content (AvgIpc) is 3.01. The summed E-state index contributed by atoms with van der Waals surface area (Å²) in [5.41, 5.74) is 2.00. The Balaban J connectivity index is 2.15. The van der Waals surface area contributed by atoms with Gasteiger partial charge in [-0.25, -0.2) is 9.48 Å². The third-order valence-corrected chi connectivity index (χ3v) is 4.26. The lowest BCUT2D eigenvalue weighted by Crippen LogP contribution is -2.29. The summed E-state index contributed by atoms with van der Waals surface area (Å²) in [4.78, 5) is 17.1. The van der Waals surface area contributed by atoms with E-state index in [2.05, 4.69) is 15.4 Å². The number of esters is 1. The van der Waals surface area contributed by atoms with Crippen LogP contribution in [0.5, 0.6) is 11.5 Å². The molecule has 0 bridgehead atoms. The molecule has 8 nitrogen and oxygen atoms in total. The van der Waals surface area contributed by atoms with Crippen LogP contribution in [-0.4, -0.2) is 41.1 Å². The lowest BCUT2D eigenvalue weighted by Gasteiger charge is -2.28. The third kappa shape index (κ3) is 3.47. The predicted octanol–water partition coefficient (Wildman–Crippen LogP) is 2.85. The minimum absolute atomic E-state index is 0.290. The molecular weight excluding hydrogens is 348 g/mol. The first-order valence-corrected chi connectivity index (χ1v) is 8.88. The topological polar surface area (TPSA) is 87.5 Å². The number of allylic oxidation sites excluding steroid dienone is 1. The summed E-state index contributed by atoms with van der Waals surface area (Å²) in [6.45, 7) is 8.15. The number of hydrogen-bond acceptors (Lipinski definition) is 7. The van der Waals surface area contributed by atoms with Gasteiger partial charge in [-0.2, -0.15) is 10.1 Å². The predicted molar refractivity (Wildman–Crippen MR) is 100 cm³/mol. The molecule has 3 rings (SSSR count). The van der Waals surface area contributed by atoms with E-state index in [0.29, 0.717) is 41.1 Å². The van der Waals surface area contributed by atoms with Crippen LogP contribution in [0.25, 0.3) is 0 Å². The van der Waals surface area contributed by atoms with Gasteiger partial charge in [0.15, 0.2) is 11.5 Å². The van der Waals surface area contributed by atoms with E-state index in [0.717, 1.165) is 5.56 Å². The number of nitrogens with zero attached hydrogens (tertiary/aromatic N) is 3. The van der Waals surface area contributed by atoms with E-state index >= 15 is 0 Å². The van der Waals surface area contributed by atoms with E-state index in [-0.39, 0.29) is 12.6 Å². The van der Waals surface area contributed by atoms with Crippen molar-refractivity contribution >= 4 is 11.9 Å². The molecule has 1 aliphatic rings. The first-order valence-electron chi connectivity index (χ1n) is 8.88. The van der Waals surface area contributed by atoms with Crippen molar-refractivity contribution in [3.63, 3.8) is 0 Å². The van der Waals surface area contributed by atoms with Crippen molar-refractivity contribution in [3.05, 3.63) is 40.9 Å². The van der Waals surface area contributed by atoms with E-state index in [9.17, 15) is 4.79 Å². The van der Waals surface area contributed by atoms with Gasteiger partial charge in [-0.05, 0) is 45.4 Å². The zero-order valence-electron chi connectivity index (χ0n) is 16.2. The summed E-state index contributed by atoms with van der Waals surface area (Å²) in [6.07, 6.45) is 0. The number of carbonyl (C=O) groups excluding carboxylic acids is 1. The number of aromatic nitrogens is 3. The number of benzene rings is 1. The van der Waals surface area contributed by atoms with Gasteiger partial charge >= 0.3 is 5.97 Å². The van der Waals surface area contributed by atoms with Crippen molar-refractivity contribution in [2.75, 3.05) is 25.6 Å². The Morgan fingerprint density at radius 3 is 2.67 bits per heavy atom. The number of fused-ring (bicyclic) bond motifs is 1. The quantitative estimate of drug-likeness (QED) is 0.780. The monoisotopic (exact) mass is 372 g/mol. The minimum Gasteiger partial charge on any atom is -0.493 e. The van der Waals surface area contributed by atoms with Gasteiger partial charge in [-0.1, -0.05) is 6.07 Å². The smallest absolute Gasteiger partial charge is 0.338 e. The number of rotatable bonds is 6. The summed E-state index contributed by atoms with van der Waals surface area (Å²) in [5, 5.41) is 7.62. The highest BCUT2D eigenvalue weighted by Crippen LogP contribution is 2.39. The van der Waals surface area contributed by atoms with Crippen molar-refractivity contribution in [3.8, 4) is 11.5 Å². The van der Waals surface area contributed by atoms with Crippen molar-refractivity contribution in [1.82, 2.24) is 14.8 Å². The number of anilines is 1. The molecule has 1 N–H and O–H groups in total. The third-order valence-electron chi connectivity index (χ3n) is 4.26. The number of nitrogens with one attached hydrogen (secondary N) is 1. The summed E-state index contributed by atoms with van der Waals surface area (Å²) in [7, 11) is 1.59. The highest BCUT2D eigenvalue weighted by atomic mass is 16.5. The number of aryl methyl sites for hydroxylation is 1. The molecule has 0 unspecified atom stereocenters. The minimum atomic E-state index is -0.480. The van der Waals surface area contributed by atoms with Gasteiger partial charge < -0.3 is 19.5 Å². The van der Waals surface area contributed by atoms with Crippen LogP contribution in [0.2, 0.25) is 0 Å². The standard InChI is InChI=1S/C19H24N4O4/c1-6-26-14-9-8-13(10-15(14)25-5)17-16(18(24)27-7-2)11(3)20-19-21-12(4)22-23(17)19/h8-10,17H,6-7H2,1-5H3,(H,20,21,22)/t17-/m0/s1. The van der Waals surface area contributed by atoms with Crippen LogP contribution < -0.4 is 14.8 Å². The average molecular weight is 372 g/mol. The number of ether oxygens (including phenoxy) is 3. The van der Waals surface area contributed by atoms with Gasteiger partial charge in [0.05, 0.1) is 25.9 Å². The molecule has 0 fully saturated rings. The van der Waals surface area contributed by atoms with Crippen LogP contribution in [-0.2, 0) is 9.53 Å². The molecule has 2 heterocycles. The highest BCUT2D eigenvalue weighted by Gasteiger charge is 2.35. The summed E-state index contributed by atoms with van der Waals surface area (Å²) < 4.78 is 18.1. The van der Waals surface area contributed by atoms with Crippen LogP contribution in [0.1, 0.15) is 38.2 Å². The molecule has 0 spiro atoms. The molecule has 2 aromatic rings. The molecular formula is C19H24N4O4. The Bertz CT molecular complexity index is 888. The largest absolute Gasteiger partial charge is 0.493 e. The van der Waals surface area contributed by atoms with Gasteiger partial charge in [-0.15, -0.1) is 0 Å². The van der Waals surface area contributed by atoms with E-state index in [1.54, 1.807) is 18.7 Å². The highest BCUT2D eigenvalue weighted by molar-refractivity contribution is 5.92. The molecule has 8 heteroatoms. The zero-order chi connectivity index (χ0) is 19.6. The Kier molecular flexibility index (Phi) is 5.34. The van der Waals surface area contributed by atoms with Crippen molar-refractivity contribution in [1.29, 1.82) is 0 Å². The Hall–Kier alpha value is -3.03. The maximum Gasteiger partial charge on any atom is 0.338 e. The Labute approximate surface area is 158 Å². The number of carbonyl (C=O) groups is 1. The molecule has 0 radical (unpaired) electrons. The van der Waals surface area contributed by atoms with Gasteiger partial charge in [0.1, 0.15) is 11.9 Å². The fraction of sp³-hybridized carbons (Fsp3) is 0.421. The van der Waals surface area contributed by atoms with Crippen LogP contribution in [0.4, 0.5) is 5.95 Å². The summed E-state index contributed by atoms with van der Waals surface area (Å²) >= 11 is 0. The van der Waals surface area contributed by atoms with Gasteiger partial charge in [0.2, 0.25) is 5.95 Å². The Morgan fingerprint density at radius 2 is 2.00 bits per heavy atom. The molecule has 0 aliphatic carbocycles. The lowest BCUT2D eigenvalue weighted by molar-refractivity contribution is -0.139. The molecule has 144 valence electrons. The second-order valence-electron chi connectivity index (χ2n) is 6.06. The SMILES string of the molecule is CCOC(=O)C1=C(C)Nc2nc(C)nn2[C@H]1c1ccc(OCC)c(OC)c1. The number of methoxy groups -OCH3 is 1. The fourth-order valence-corrected chi connectivity index (χ4v) is 3.17. The zero-order valence-corrected chi connectivity index (χ0v) is 16.2. The normalized spacial score (nSPS) is 15.8. The first-order chi connectivity index (χ1) is 13.0.